The van der Waals surface area contributed by atoms with E-state index < -0.39 is 17.7 Å². The molecular weight excluding hydrogens is 357 g/mol. The molecule has 1 aliphatic heterocycles. The molecule has 2 aliphatic rings. The van der Waals surface area contributed by atoms with Crippen molar-refractivity contribution in [2.24, 2.45) is 11.8 Å². The van der Waals surface area contributed by atoms with Crippen LogP contribution in [0.2, 0.25) is 0 Å². The van der Waals surface area contributed by atoms with E-state index in [1.54, 1.807) is 24.4 Å². The number of aromatic carboxylic acids is 1. The van der Waals surface area contributed by atoms with E-state index in [4.69, 9.17) is 5.11 Å². The topological polar surface area (TPSA) is 53.4 Å². The molecule has 4 rings (SSSR count). The van der Waals surface area contributed by atoms with Crippen molar-refractivity contribution in [1.82, 2.24) is 4.98 Å². The number of fused-ring (bicyclic) bond motifs is 1. The number of nitrogens with zero attached hydrogens (tertiary/aromatic N) is 2. The fourth-order valence-corrected chi connectivity index (χ4v) is 4.59. The van der Waals surface area contributed by atoms with E-state index in [0.29, 0.717) is 17.4 Å². The third kappa shape index (κ3) is 3.38. The van der Waals surface area contributed by atoms with Crippen molar-refractivity contribution < 1.29 is 23.1 Å². The van der Waals surface area contributed by atoms with Crippen molar-refractivity contribution in [2.45, 2.75) is 24.9 Å². The van der Waals surface area contributed by atoms with Crippen molar-refractivity contribution >= 4 is 11.7 Å². The van der Waals surface area contributed by atoms with Crippen molar-refractivity contribution in [3.63, 3.8) is 0 Å². The lowest BCUT2D eigenvalue weighted by Gasteiger charge is -2.22. The van der Waals surface area contributed by atoms with E-state index in [2.05, 4.69) is 9.88 Å². The summed E-state index contributed by atoms with van der Waals surface area (Å²) in [5.41, 5.74) is 0.781. The Morgan fingerprint density at radius 1 is 1.11 bits per heavy atom. The molecule has 0 spiro atoms. The molecule has 1 N–H and O–H groups in total. The number of halogens is 3. The lowest BCUT2D eigenvalue weighted by atomic mass is 9.91. The van der Waals surface area contributed by atoms with Gasteiger partial charge in [0, 0.05) is 19.3 Å². The van der Waals surface area contributed by atoms with Crippen molar-refractivity contribution in [3.05, 3.63) is 59.4 Å². The Morgan fingerprint density at radius 2 is 1.78 bits per heavy atom. The van der Waals surface area contributed by atoms with Crippen LogP contribution in [0.3, 0.4) is 0 Å². The van der Waals surface area contributed by atoms with E-state index in [1.165, 1.54) is 18.3 Å². The number of benzene rings is 1. The SMILES string of the molecule is O=C(O)c1cncc(N2C[C@H]3CC(c4ccccc4C(F)(F)F)C[C@H]3C2)c1. The molecule has 0 amide bonds. The summed E-state index contributed by atoms with van der Waals surface area (Å²) in [6.45, 7) is 1.44. The second-order valence-electron chi connectivity index (χ2n) is 7.42. The molecule has 2 heterocycles. The van der Waals surface area contributed by atoms with Crippen LogP contribution in [0.5, 0.6) is 0 Å². The Bertz CT molecular complexity index is 854. The van der Waals surface area contributed by atoms with Crippen LogP contribution in [0.1, 0.15) is 40.2 Å². The smallest absolute Gasteiger partial charge is 0.416 e. The summed E-state index contributed by atoms with van der Waals surface area (Å²) >= 11 is 0. The summed E-state index contributed by atoms with van der Waals surface area (Å²) in [5, 5.41) is 9.12. The molecule has 4 nitrogen and oxygen atoms in total. The fourth-order valence-electron chi connectivity index (χ4n) is 4.59. The Hall–Kier alpha value is -2.57. The van der Waals surface area contributed by atoms with Crippen molar-refractivity contribution in [2.75, 3.05) is 18.0 Å². The largest absolute Gasteiger partial charge is 0.478 e. The number of rotatable bonds is 3. The third-order valence-corrected chi connectivity index (χ3v) is 5.79. The number of alkyl halides is 3. The molecule has 2 aromatic rings. The number of hydrogen-bond donors (Lipinski definition) is 1. The van der Waals surface area contributed by atoms with Crippen LogP contribution < -0.4 is 4.90 Å². The first-order valence-corrected chi connectivity index (χ1v) is 8.92. The molecule has 1 unspecified atom stereocenters. The maximum Gasteiger partial charge on any atom is 0.416 e. The first-order valence-electron chi connectivity index (χ1n) is 8.92. The average Bonchev–Trinajstić information content (AvgIpc) is 3.20. The van der Waals surface area contributed by atoms with Gasteiger partial charge in [-0.3, -0.25) is 4.98 Å². The van der Waals surface area contributed by atoms with Gasteiger partial charge in [0.05, 0.1) is 23.0 Å². The van der Waals surface area contributed by atoms with Gasteiger partial charge in [0.1, 0.15) is 0 Å². The van der Waals surface area contributed by atoms with Crippen LogP contribution in [0.25, 0.3) is 0 Å². The number of carboxylic acid groups (broad SMARTS) is 1. The maximum atomic E-state index is 13.3. The maximum absolute atomic E-state index is 13.3. The standard InChI is InChI=1S/C20H19F3N2O2/c21-20(22,23)18-4-2-1-3-17(18)12-5-14-10-25(11-15(14)6-12)16-7-13(19(26)27)8-24-9-16/h1-4,7-9,12,14-15H,5-6,10-11H2,(H,26,27)/t12?,14-,15+. The lowest BCUT2D eigenvalue weighted by Crippen LogP contribution is -2.22. The van der Waals surface area contributed by atoms with E-state index in [0.717, 1.165) is 31.6 Å². The summed E-state index contributed by atoms with van der Waals surface area (Å²) in [4.78, 5) is 17.2. The number of carbonyl (C=O) groups is 1. The van der Waals surface area contributed by atoms with Crippen LogP contribution in [0.4, 0.5) is 18.9 Å². The van der Waals surface area contributed by atoms with Gasteiger partial charge in [0.15, 0.2) is 0 Å². The molecule has 27 heavy (non-hydrogen) atoms. The molecule has 1 saturated heterocycles. The van der Waals surface area contributed by atoms with Crippen LogP contribution in [0, 0.1) is 11.8 Å². The Kier molecular flexibility index (Phi) is 4.32. The van der Waals surface area contributed by atoms with E-state index in [9.17, 15) is 18.0 Å². The summed E-state index contributed by atoms with van der Waals surface area (Å²) in [6.07, 6.45) is 0.0701. The summed E-state index contributed by atoms with van der Waals surface area (Å²) in [7, 11) is 0. The average molecular weight is 376 g/mol. The number of aromatic nitrogens is 1. The van der Waals surface area contributed by atoms with Crippen LogP contribution in [-0.4, -0.2) is 29.1 Å². The van der Waals surface area contributed by atoms with Gasteiger partial charge in [-0.2, -0.15) is 13.2 Å². The van der Waals surface area contributed by atoms with Crippen LogP contribution in [0.15, 0.2) is 42.7 Å². The fraction of sp³-hybridized carbons (Fsp3) is 0.400. The molecule has 1 aliphatic carbocycles. The minimum atomic E-state index is -4.33. The number of hydrogen-bond acceptors (Lipinski definition) is 3. The predicted molar refractivity (Wildman–Crippen MR) is 93.8 cm³/mol. The van der Waals surface area contributed by atoms with Crippen LogP contribution >= 0.6 is 0 Å². The first kappa shape index (κ1) is 17.8. The Morgan fingerprint density at radius 3 is 2.41 bits per heavy atom. The van der Waals surface area contributed by atoms with Gasteiger partial charge in [0.25, 0.3) is 0 Å². The van der Waals surface area contributed by atoms with E-state index in [1.807, 2.05) is 0 Å². The number of pyridine rings is 1. The lowest BCUT2D eigenvalue weighted by molar-refractivity contribution is -0.138. The van der Waals surface area contributed by atoms with Gasteiger partial charge in [0.2, 0.25) is 0 Å². The molecule has 2 fully saturated rings. The second kappa shape index (κ2) is 6.55. The van der Waals surface area contributed by atoms with Gasteiger partial charge in [-0.15, -0.1) is 0 Å². The van der Waals surface area contributed by atoms with Gasteiger partial charge in [-0.1, -0.05) is 18.2 Å². The highest BCUT2D eigenvalue weighted by Crippen LogP contribution is 2.49. The second-order valence-corrected chi connectivity index (χ2v) is 7.42. The summed E-state index contributed by atoms with van der Waals surface area (Å²) in [5.74, 6) is -0.481. The third-order valence-electron chi connectivity index (χ3n) is 5.79. The minimum absolute atomic E-state index is 0.0801. The first-order chi connectivity index (χ1) is 12.8. The van der Waals surface area contributed by atoms with Gasteiger partial charge in [-0.25, -0.2) is 4.79 Å². The highest BCUT2D eigenvalue weighted by molar-refractivity contribution is 5.88. The zero-order valence-corrected chi connectivity index (χ0v) is 14.5. The molecule has 1 aromatic carbocycles. The number of anilines is 1. The molecule has 1 saturated carbocycles. The van der Waals surface area contributed by atoms with Gasteiger partial charge in [-0.05, 0) is 48.3 Å². The summed E-state index contributed by atoms with van der Waals surface area (Å²) in [6, 6.07) is 7.48. The molecule has 142 valence electrons. The Labute approximate surface area is 154 Å². The summed E-state index contributed by atoms with van der Waals surface area (Å²) < 4.78 is 39.9. The number of carboxylic acids is 1. The molecule has 1 aromatic heterocycles. The molecule has 3 atom stereocenters. The zero-order valence-electron chi connectivity index (χ0n) is 14.5. The Balaban J connectivity index is 1.50. The molecular formula is C20H19F3N2O2. The zero-order chi connectivity index (χ0) is 19.2. The molecule has 0 radical (unpaired) electrons. The van der Waals surface area contributed by atoms with Crippen molar-refractivity contribution in [3.8, 4) is 0 Å². The van der Waals surface area contributed by atoms with Crippen LogP contribution in [-0.2, 0) is 6.18 Å². The quantitative estimate of drug-likeness (QED) is 0.861. The van der Waals surface area contributed by atoms with Gasteiger partial charge < -0.3 is 10.0 Å². The van der Waals surface area contributed by atoms with Crippen molar-refractivity contribution in [1.29, 1.82) is 0 Å². The van der Waals surface area contributed by atoms with E-state index in [-0.39, 0.29) is 11.5 Å². The normalized spacial score (nSPS) is 24.9. The molecule has 7 heteroatoms. The van der Waals surface area contributed by atoms with E-state index >= 15 is 0 Å². The van der Waals surface area contributed by atoms with Gasteiger partial charge >= 0.3 is 12.1 Å². The highest BCUT2D eigenvalue weighted by atomic mass is 19.4. The molecule has 0 bridgehead atoms. The monoisotopic (exact) mass is 376 g/mol. The minimum Gasteiger partial charge on any atom is -0.478 e. The predicted octanol–water partition coefficient (Wildman–Crippen LogP) is 4.43. The highest BCUT2D eigenvalue weighted by Gasteiger charge is 2.44.